The minimum absolute atomic E-state index is 0.0503. The van der Waals surface area contributed by atoms with E-state index in [0.717, 1.165) is 0 Å². The van der Waals surface area contributed by atoms with E-state index in [4.69, 9.17) is 4.74 Å². The molecule has 28 heavy (non-hydrogen) atoms. The van der Waals surface area contributed by atoms with Gasteiger partial charge in [-0.2, -0.15) is 5.10 Å². The highest BCUT2D eigenvalue weighted by atomic mass is 19.1. The van der Waals surface area contributed by atoms with Crippen molar-refractivity contribution in [1.29, 1.82) is 0 Å². The van der Waals surface area contributed by atoms with Gasteiger partial charge in [0, 0.05) is 37.0 Å². The van der Waals surface area contributed by atoms with E-state index >= 15 is 0 Å². The first-order valence-corrected chi connectivity index (χ1v) is 9.04. The van der Waals surface area contributed by atoms with Gasteiger partial charge in [-0.3, -0.25) is 9.89 Å². The molecule has 0 spiro atoms. The number of ether oxygens (including phenoxy) is 1. The quantitative estimate of drug-likeness (QED) is 0.641. The number of carbonyl (C=O) groups excluding carboxylic acids is 1. The summed E-state index contributed by atoms with van der Waals surface area (Å²) >= 11 is 0. The number of fused-ring (bicyclic) bond motifs is 1. The van der Waals surface area contributed by atoms with Crippen LogP contribution in [0.3, 0.4) is 0 Å². The summed E-state index contributed by atoms with van der Waals surface area (Å²) in [4.78, 5) is 14.7. The van der Waals surface area contributed by atoms with E-state index < -0.39 is 11.9 Å². The highest BCUT2D eigenvalue weighted by molar-refractivity contribution is 6.00. The minimum Gasteiger partial charge on any atom is -0.507 e. The third-order valence-electron chi connectivity index (χ3n) is 4.97. The van der Waals surface area contributed by atoms with Gasteiger partial charge in [-0.25, -0.2) is 4.39 Å². The first-order valence-electron chi connectivity index (χ1n) is 9.04. The lowest BCUT2D eigenvalue weighted by molar-refractivity contribution is 0.0721. The fourth-order valence-corrected chi connectivity index (χ4v) is 3.71. The Labute approximate surface area is 161 Å². The van der Waals surface area contributed by atoms with Crippen molar-refractivity contribution in [1.82, 2.24) is 15.1 Å². The zero-order valence-corrected chi connectivity index (χ0v) is 15.4. The first-order chi connectivity index (χ1) is 13.6. The van der Waals surface area contributed by atoms with Crippen molar-refractivity contribution in [3.63, 3.8) is 0 Å². The Morgan fingerprint density at radius 3 is 2.71 bits per heavy atom. The van der Waals surface area contributed by atoms with Gasteiger partial charge in [-0.1, -0.05) is 30.3 Å². The van der Waals surface area contributed by atoms with Crippen LogP contribution in [-0.4, -0.2) is 46.4 Å². The number of para-hydroxylation sites is 1. The summed E-state index contributed by atoms with van der Waals surface area (Å²) in [5.41, 5.74) is 2.24. The number of nitrogens with zero attached hydrogens (tertiary/aromatic N) is 2. The van der Waals surface area contributed by atoms with Crippen LogP contribution in [0.1, 0.15) is 34.1 Å². The standard InChI is InChI=1S/C21H20FN3O3/c1-28-12-6-11-25-20(13-7-2-4-9-15(13)22)17-18(23-24-19(17)21(25)27)14-8-3-5-10-16(14)26/h2-5,7-10,20,26H,6,11-12H2,1H3,(H,23,24)/t20-/m0/s1. The number of aromatic hydroxyl groups is 1. The molecule has 2 aromatic carbocycles. The van der Waals surface area contributed by atoms with E-state index in [1.54, 1.807) is 54.5 Å². The van der Waals surface area contributed by atoms with Crippen LogP contribution in [-0.2, 0) is 4.74 Å². The van der Waals surface area contributed by atoms with Gasteiger partial charge in [0.2, 0.25) is 0 Å². The van der Waals surface area contributed by atoms with Gasteiger partial charge in [-0.15, -0.1) is 0 Å². The summed E-state index contributed by atoms with van der Waals surface area (Å²) in [6.07, 6.45) is 0.622. The van der Waals surface area contributed by atoms with Crippen molar-refractivity contribution in [2.45, 2.75) is 12.5 Å². The van der Waals surface area contributed by atoms with Crippen LogP contribution < -0.4 is 0 Å². The number of halogens is 1. The molecular weight excluding hydrogens is 361 g/mol. The van der Waals surface area contributed by atoms with Crippen LogP contribution in [0.15, 0.2) is 48.5 Å². The molecule has 1 atom stereocenters. The minimum atomic E-state index is -0.631. The number of aromatic nitrogens is 2. The number of methoxy groups -OCH3 is 1. The zero-order chi connectivity index (χ0) is 19.7. The molecule has 0 saturated carbocycles. The topological polar surface area (TPSA) is 78.5 Å². The van der Waals surface area contributed by atoms with Gasteiger partial charge < -0.3 is 14.7 Å². The Kier molecular flexibility index (Phi) is 4.83. The van der Waals surface area contributed by atoms with Gasteiger partial charge in [0.1, 0.15) is 23.0 Å². The normalized spacial score (nSPS) is 15.9. The zero-order valence-electron chi connectivity index (χ0n) is 15.4. The highest BCUT2D eigenvalue weighted by Gasteiger charge is 2.43. The Balaban J connectivity index is 1.86. The van der Waals surface area contributed by atoms with E-state index in [1.165, 1.54) is 6.07 Å². The number of H-pyrrole nitrogens is 1. The molecule has 1 aliphatic rings. The number of phenols is 1. The molecule has 1 amide bonds. The van der Waals surface area contributed by atoms with Gasteiger partial charge in [0.25, 0.3) is 5.91 Å². The molecule has 2 heterocycles. The number of hydrogen-bond donors (Lipinski definition) is 2. The molecule has 6 nitrogen and oxygen atoms in total. The van der Waals surface area contributed by atoms with Crippen molar-refractivity contribution in [3.8, 4) is 17.0 Å². The SMILES string of the molecule is COCCCN1C(=O)c2[nH]nc(-c3ccccc3O)c2[C@@H]1c1ccccc1F. The summed E-state index contributed by atoms with van der Waals surface area (Å²) in [6, 6.07) is 12.6. The van der Waals surface area contributed by atoms with Crippen LogP contribution in [0.5, 0.6) is 5.75 Å². The summed E-state index contributed by atoms with van der Waals surface area (Å²) < 4.78 is 19.8. The van der Waals surface area contributed by atoms with E-state index in [9.17, 15) is 14.3 Å². The number of benzene rings is 2. The fourth-order valence-electron chi connectivity index (χ4n) is 3.71. The maximum absolute atomic E-state index is 14.7. The lowest BCUT2D eigenvalue weighted by Crippen LogP contribution is -2.31. The van der Waals surface area contributed by atoms with E-state index in [0.29, 0.717) is 47.7 Å². The molecule has 3 aromatic rings. The van der Waals surface area contributed by atoms with E-state index in [-0.39, 0.29) is 11.7 Å². The number of aromatic amines is 1. The van der Waals surface area contributed by atoms with Crippen LogP contribution in [0.25, 0.3) is 11.3 Å². The third-order valence-corrected chi connectivity index (χ3v) is 4.97. The van der Waals surface area contributed by atoms with Crippen LogP contribution >= 0.6 is 0 Å². The summed E-state index contributed by atoms with van der Waals surface area (Å²) in [5.74, 6) is -0.586. The molecule has 0 unspecified atom stereocenters. The van der Waals surface area contributed by atoms with Crippen LogP contribution in [0.2, 0.25) is 0 Å². The van der Waals surface area contributed by atoms with Crippen molar-refractivity contribution < 1.29 is 19.0 Å². The molecular formula is C21H20FN3O3. The van der Waals surface area contributed by atoms with Crippen molar-refractivity contribution in [3.05, 3.63) is 71.2 Å². The molecule has 0 bridgehead atoms. The molecule has 2 N–H and O–H groups in total. The molecule has 1 aliphatic heterocycles. The first kappa shape index (κ1) is 18.2. The second kappa shape index (κ2) is 7.44. The van der Waals surface area contributed by atoms with Crippen molar-refractivity contribution in [2.75, 3.05) is 20.3 Å². The average molecular weight is 381 g/mol. The van der Waals surface area contributed by atoms with Gasteiger partial charge in [-0.05, 0) is 24.6 Å². The van der Waals surface area contributed by atoms with Gasteiger partial charge in [0.15, 0.2) is 0 Å². The molecule has 7 heteroatoms. The number of phenolic OH excluding ortho intramolecular Hbond substituents is 1. The number of carbonyl (C=O) groups is 1. The molecule has 0 fully saturated rings. The highest BCUT2D eigenvalue weighted by Crippen LogP contribution is 2.44. The van der Waals surface area contributed by atoms with E-state index in [2.05, 4.69) is 10.2 Å². The number of rotatable bonds is 6. The number of nitrogens with one attached hydrogen (secondary N) is 1. The second-order valence-electron chi connectivity index (χ2n) is 6.65. The molecule has 1 aromatic heterocycles. The molecule has 0 saturated heterocycles. The predicted octanol–water partition coefficient (Wildman–Crippen LogP) is 3.50. The summed E-state index contributed by atoms with van der Waals surface area (Å²) in [6.45, 7) is 0.903. The van der Waals surface area contributed by atoms with Gasteiger partial charge >= 0.3 is 0 Å². The maximum Gasteiger partial charge on any atom is 0.273 e. The molecule has 0 aliphatic carbocycles. The lowest BCUT2D eigenvalue weighted by Gasteiger charge is -2.26. The predicted molar refractivity (Wildman–Crippen MR) is 101 cm³/mol. The number of hydrogen-bond acceptors (Lipinski definition) is 4. The van der Waals surface area contributed by atoms with Gasteiger partial charge in [0.05, 0.1) is 6.04 Å². The van der Waals surface area contributed by atoms with Crippen molar-refractivity contribution >= 4 is 5.91 Å². The van der Waals surface area contributed by atoms with Crippen molar-refractivity contribution in [2.24, 2.45) is 0 Å². The van der Waals surface area contributed by atoms with Crippen LogP contribution in [0, 0.1) is 5.82 Å². The monoisotopic (exact) mass is 381 g/mol. The summed E-state index contributed by atoms with van der Waals surface area (Å²) in [5, 5.41) is 17.4. The number of amides is 1. The maximum atomic E-state index is 14.7. The largest absolute Gasteiger partial charge is 0.507 e. The third kappa shape index (κ3) is 2.93. The smallest absolute Gasteiger partial charge is 0.273 e. The van der Waals surface area contributed by atoms with Crippen LogP contribution in [0.4, 0.5) is 4.39 Å². The molecule has 0 radical (unpaired) electrons. The fraction of sp³-hybridized carbons (Fsp3) is 0.238. The lowest BCUT2D eigenvalue weighted by atomic mass is 9.95. The Hall–Kier alpha value is -3.19. The summed E-state index contributed by atoms with van der Waals surface area (Å²) in [7, 11) is 1.60. The molecule has 144 valence electrons. The second-order valence-corrected chi connectivity index (χ2v) is 6.65. The average Bonchev–Trinajstić information content (AvgIpc) is 3.23. The Bertz CT molecular complexity index is 1020. The molecule has 4 rings (SSSR count). The van der Waals surface area contributed by atoms with E-state index in [1.807, 2.05) is 0 Å². The Morgan fingerprint density at radius 1 is 1.21 bits per heavy atom. The Morgan fingerprint density at radius 2 is 1.96 bits per heavy atom.